The standard InChI is InChI=1S/C36H51N3O6/c37-22-10-19-31(40)34(43,25-28-13-4-1-5-14-28)32(41,20-11-23-38)36(45,27-30-17-8-3-9-18-30)33(42,21-12-24-39)35(31,44)26-29-15-6-2-7-16-29/h1-9,13-18,40-45H,10-12,19-27,37-39H2. The molecule has 1 saturated carbocycles. The molecule has 0 unspecified atom stereocenters. The molecule has 0 heterocycles. The SMILES string of the molecule is NCCCC1(O)C(O)(Cc2ccccc2)C(O)(CCCN)C(O)(Cc2ccccc2)C(O)(CCCN)C1(O)Cc1ccccc1. The van der Waals surface area contributed by atoms with Gasteiger partial charge in [-0.3, -0.25) is 0 Å². The van der Waals surface area contributed by atoms with Gasteiger partial charge in [-0.2, -0.15) is 0 Å². The Labute approximate surface area is 266 Å². The van der Waals surface area contributed by atoms with Crippen LogP contribution in [0.5, 0.6) is 0 Å². The molecule has 12 N–H and O–H groups in total. The first-order chi connectivity index (χ1) is 21.4. The van der Waals surface area contributed by atoms with E-state index in [1.807, 2.05) is 0 Å². The van der Waals surface area contributed by atoms with E-state index < -0.39 is 33.6 Å². The third-order valence-corrected chi connectivity index (χ3v) is 10.2. The fraction of sp³-hybridized carbons (Fsp3) is 0.500. The van der Waals surface area contributed by atoms with Crippen molar-refractivity contribution in [2.75, 3.05) is 19.6 Å². The molecule has 9 heteroatoms. The van der Waals surface area contributed by atoms with Crippen LogP contribution >= 0.6 is 0 Å². The van der Waals surface area contributed by atoms with Crippen molar-refractivity contribution in [1.82, 2.24) is 0 Å². The Bertz CT molecular complexity index is 1160. The molecule has 4 rings (SSSR count). The van der Waals surface area contributed by atoms with Crippen molar-refractivity contribution in [3.8, 4) is 0 Å². The van der Waals surface area contributed by atoms with Gasteiger partial charge in [-0.25, -0.2) is 0 Å². The zero-order valence-electron chi connectivity index (χ0n) is 26.1. The Balaban J connectivity index is 2.15. The average molecular weight is 622 g/mol. The topological polar surface area (TPSA) is 199 Å². The maximum Gasteiger partial charge on any atom is 0.132 e. The first-order valence-corrected chi connectivity index (χ1v) is 16.0. The van der Waals surface area contributed by atoms with Crippen LogP contribution in [0.2, 0.25) is 0 Å². The molecule has 3 aromatic carbocycles. The van der Waals surface area contributed by atoms with Gasteiger partial charge in [0, 0.05) is 19.3 Å². The molecule has 0 bridgehead atoms. The van der Waals surface area contributed by atoms with E-state index in [1.165, 1.54) is 0 Å². The van der Waals surface area contributed by atoms with Gasteiger partial charge in [0.15, 0.2) is 0 Å². The monoisotopic (exact) mass is 621 g/mol. The molecule has 246 valence electrons. The molecule has 1 aliphatic carbocycles. The minimum absolute atomic E-state index is 0.0991. The lowest BCUT2D eigenvalue weighted by Gasteiger charge is -2.73. The van der Waals surface area contributed by atoms with Gasteiger partial charge in [0.1, 0.15) is 33.6 Å². The molecule has 3 aromatic rings. The van der Waals surface area contributed by atoms with E-state index in [-0.39, 0.29) is 77.4 Å². The van der Waals surface area contributed by atoms with Crippen LogP contribution in [0.4, 0.5) is 0 Å². The average Bonchev–Trinajstić information content (AvgIpc) is 3.05. The van der Waals surface area contributed by atoms with Crippen LogP contribution in [-0.2, 0) is 19.3 Å². The van der Waals surface area contributed by atoms with Gasteiger partial charge in [0.05, 0.1) is 0 Å². The third-order valence-electron chi connectivity index (χ3n) is 10.2. The number of rotatable bonds is 15. The van der Waals surface area contributed by atoms with E-state index >= 15 is 0 Å². The van der Waals surface area contributed by atoms with Crippen molar-refractivity contribution in [1.29, 1.82) is 0 Å². The van der Waals surface area contributed by atoms with Gasteiger partial charge in [-0.1, -0.05) is 91.0 Å². The van der Waals surface area contributed by atoms with Gasteiger partial charge in [0.2, 0.25) is 0 Å². The fourth-order valence-corrected chi connectivity index (χ4v) is 7.92. The second kappa shape index (κ2) is 14.0. The van der Waals surface area contributed by atoms with Crippen molar-refractivity contribution in [2.24, 2.45) is 17.2 Å². The van der Waals surface area contributed by atoms with Gasteiger partial charge in [-0.15, -0.1) is 0 Å². The highest BCUT2D eigenvalue weighted by Gasteiger charge is 2.86. The van der Waals surface area contributed by atoms with Crippen LogP contribution in [0.25, 0.3) is 0 Å². The van der Waals surface area contributed by atoms with Crippen LogP contribution in [-0.4, -0.2) is 83.9 Å². The highest BCUT2D eigenvalue weighted by molar-refractivity contribution is 5.43. The summed E-state index contributed by atoms with van der Waals surface area (Å²) >= 11 is 0. The maximum absolute atomic E-state index is 13.3. The first-order valence-electron chi connectivity index (χ1n) is 16.0. The van der Waals surface area contributed by atoms with Crippen LogP contribution in [0.15, 0.2) is 91.0 Å². The van der Waals surface area contributed by atoms with Crippen LogP contribution in [0.3, 0.4) is 0 Å². The second-order valence-electron chi connectivity index (χ2n) is 12.8. The summed E-state index contributed by atoms with van der Waals surface area (Å²) in [5, 5.41) is 79.3. The van der Waals surface area contributed by atoms with Crippen LogP contribution in [0, 0.1) is 0 Å². The quantitative estimate of drug-likeness (QED) is 0.120. The van der Waals surface area contributed by atoms with Crippen molar-refractivity contribution < 1.29 is 30.6 Å². The molecule has 0 atom stereocenters. The highest BCUT2D eigenvalue weighted by Crippen LogP contribution is 2.64. The highest BCUT2D eigenvalue weighted by atomic mass is 16.5. The van der Waals surface area contributed by atoms with Crippen molar-refractivity contribution in [2.45, 2.75) is 91.4 Å². The van der Waals surface area contributed by atoms with Crippen LogP contribution < -0.4 is 17.2 Å². The lowest BCUT2D eigenvalue weighted by molar-refractivity contribution is -0.441. The van der Waals surface area contributed by atoms with Gasteiger partial charge in [-0.05, 0) is 74.8 Å². The largest absolute Gasteiger partial charge is 0.384 e. The predicted octanol–water partition coefficient (Wildman–Crippen LogP) is 1.33. The Kier molecular flexibility index (Phi) is 10.9. The van der Waals surface area contributed by atoms with Crippen LogP contribution in [0.1, 0.15) is 55.2 Å². The van der Waals surface area contributed by atoms with E-state index in [0.29, 0.717) is 16.7 Å². The first kappa shape index (κ1) is 35.2. The van der Waals surface area contributed by atoms with Crippen molar-refractivity contribution in [3.05, 3.63) is 108 Å². The van der Waals surface area contributed by atoms with Crippen molar-refractivity contribution >= 4 is 0 Å². The summed E-state index contributed by atoms with van der Waals surface area (Å²) in [7, 11) is 0. The van der Waals surface area contributed by atoms with E-state index in [4.69, 9.17) is 17.2 Å². The summed E-state index contributed by atoms with van der Waals surface area (Å²) in [6.45, 7) is 0.297. The Hall–Kier alpha value is -2.70. The smallest absolute Gasteiger partial charge is 0.132 e. The summed E-state index contributed by atoms with van der Waals surface area (Å²) in [6.07, 6.45) is -1.48. The Morgan fingerprint density at radius 1 is 0.356 bits per heavy atom. The van der Waals surface area contributed by atoms with E-state index in [1.54, 1.807) is 91.0 Å². The number of aliphatic hydroxyl groups is 6. The second-order valence-corrected chi connectivity index (χ2v) is 12.8. The van der Waals surface area contributed by atoms with E-state index in [2.05, 4.69) is 0 Å². The summed E-state index contributed by atoms with van der Waals surface area (Å²) in [6, 6.07) is 26.5. The fourth-order valence-electron chi connectivity index (χ4n) is 7.92. The molecule has 0 spiro atoms. The summed E-state index contributed by atoms with van der Waals surface area (Å²) in [5.74, 6) is 0. The zero-order valence-corrected chi connectivity index (χ0v) is 26.1. The molecular formula is C36H51N3O6. The number of nitrogens with two attached hydrogens (primary N) is 3. The molecule has 0 saturated heterocycles. The van der Waals surface area contributed by atoms with Crippen molar-refractivity contribution in [3.63, 3.8) is 0 Å². The number of benzene rings is 3. The molecule has 0 amide bonds. The minimum atomic E-state index is -2.62. The molecule has 1 fully saturated rings. The van der Waals surface area contributed by atoms with E-state index in [0.717, 1.165) is 0 Å². The molecule has 1 aliphatic rings. The predicted molar refractivity (Wildman–Crippen MR) is 175 cm³/mol. The molecular weight excluding hydrogens is 570 g/mol. The summed E-state index contributed by atoms with van der Waals surface area (Å²) in [4.78, 5) is 0. The summed E-state index contributed by atoms with van der Waals surface area (Å²) < 4.78 is 0. The van der Waals surface area contributed by atoms with Gasteiger partial charge in [0.25, 0.3) is 0 Å². The maximum atomic E-state index is 13.3. The Morgan fingerprint density at radius 2 is 0.578 bits per heavy atom. The lowest BCUT2D eigenvalue weighted by Crippen LogP contribution is -2.96. The Morgan fingerprint density at radius 3 is 0.778 bits per heavy atom. The number of hydrogen-bond acceptors (Lipinski definition) is 9. The van der Waals surface area contributed by atoms with Gasteiger partial charge >= 0.3 is 0 Å². The lowest BCUT2D eigenvalue weighted by atomic mass is 9.40. The van der Waals surface area contributed by atoms with Gasteiger partial charge < -0.3 is 47.8 Å². The molecule has 9 nitrogen and oxygen atoms in total. The van der Waals surface area contributed by atoms with E-state index in [9.17, 15) is 30.6 Å². The summed E-state index contributed by atoms with van der Waals surface area (Å²) in [5.41, 5.74) is 3.88. The molecule has 0 aliphatic heterocycles. The normalized spacial score (nSPS) is 33.3. The third kappa shape index (κ3) is 5.75. The molecule has 45 heavy (non-hydrogen) atoms. The zero-order chi connectivity index (χ0) is 32.8. The minimum Gasteiger partial charge on any atom is -0.384 e. The molecule has 0 radical (unpaired) electrons. The molecule has 0 aromatic heterocycles. The number of hydrogen-bond donors (Lipinski definition) is 9.